The second kappa shape index (κ2) is 6.99. The lowest BCUT2D eigenvalue weighted by Crippen LogP contribution is -2.19. The number of hydrogen-bond acceptors (Lipinski definition) is 3. The van der Waals surface area contributed by atoms with E-state index in [1.807, 2.05) is 6.07 Å². The van der Waals surface area contributed by atoms with Gasteiger partial charge in [0.05, 0.1) is 18.9 Å². The van der Waals surface area contributed by atoms with E-state index in [-0.39, 0.29) is 5.56 Å². The Morgan fingerprint density at radius 3 is 2.81 bits per heavy atom. The first-order valence-electron chi connectivity index (χ1n) is 6.03. The summed E-state index contributed by atoms with van der Waals surface area (Å²) in [6.07, 6.45) is 1.43. The molecule has 2 aromatic rings. The predicted octanol–water partition coefficient (Wildman–Crippen LogP) is 3.36. The van der Waals surface area contributed by atoms with Gasteiger partial charge >= 0.3 is 0 Å². The molecule has 0 aliphatic heterocycles. The Morgan fingerprint density at radius 1 is 1.33 bits per heavy atom. The summed E-state index contributed by atoms with van der Waals surface area (Å²) in [5.74, 6) is -0.592. The number of hydrogen-bond donors (Lipinski definition) is 1. The van der Waals surface area contributed by atoms with E-state index in [4.69, 9.17) is 4.74 Å². The fraction of sp³-hybridized carbons (Fsp3) is 0.0667. The molecule has 108 valence electrons. The number of ether oxygens (including phenoxy) is 1. The first-order valence-corrected chi connectivity index (χ1v) is 6.82. The Balaban J connectivity index is 2.11. The number of carbonyl (C=O) groups is 1. The summed E-state index contributed by atoms with van der Waals surface area (Å²) in [4.78, 5) is 11.8. The molecular formula is C15H12BrFN2O2. The van der Waals surface area contributed by atoms with E-state index in [1.165, 1.54) is 24.4 Å². The first kappa shape index (κ1) is 15.2. The van der Waals surface area contributed by atoms with Crippen LogP contribution in [0, 0.1) is 5.82 Å². The second-order valence-corrected chi connectivity index (χ2v) is 4.98. The molecule has 0 spiro atoms. The van der Waals surface area contributed by atoms with E-state index < -0.39 is 11.7 Å². The highest BCUT2D eigenvalue weighted by molar-refractivity contribution is 9.10. The molecular weight excluding hydrogens is 339 g/mol. The van der Waals surface area contributed by atoms with E-state index in [0.717, 1.165) is 4.47 Å². The lowest BCUT2D eigenvalue weighted by Gasteiger charge is -2.05. The molecule has 0 aliphatic carbocycles. The van der Waals surface area contributed by atoms with E-state index in [2.05, 4.69) is 26.5 Å². The highest BCUT2D eigenvalue weighted by Crippen LogP contribution is 2.21. The van der Waals surface area contributed by atoms with E-state index in [9.17, 15) is 9.18 Å². The van der Waals surface area contributed by atoms with Crippen molar-refractivity contribution in [2.75, 3.05) is 7.11 Å². The average molecular weight is 351 g/mol. The summed E-state index contributed by atoms with van der Waals surface area (Å²) in [6.45, 7) is 0. The smallest absolute Gasteiger partial charge is 0.274 e. The topological polar surface area (TPSA) is 50.7 Å². The predicted molar refractivity (Wildman–Crippen MR) is 82.2 cm³/mol. The van der Waals surface area contributed by atoms with Crippen LogP contribution in [0.1, 0.15) is 15.9 Å². The van der Waals surface area contributed by atoms with Gasteiger partial charge in [-0.15, -0.1) is 0 Å². The van der Waals surface area contributed by atoms with Gasteiger partial charge in [0.15, 0.2) is 0 Å². The third-order valence-corrected chi connectivity index (χ3v) is 3.17. The molecule has 1 N–H and O–H groups in total. The number of nitrogens with one attached hydrogen (secondary N) is 1. The maximum Gasteiger partial charge on any atom is 0.274 e. The molecule has 2 aromatic carbocycles. The van der Waals surface area contributed by atoms with Gasteiger partial charge in [0, 0.05) is 10.0 Å². The first-order chi connectivity index (χ1) is 10.1. The Hall–Kier alpha value is -2.21. The molecule has 0 bridgehead atoms. The van der Waals surface area contributed by atoms with Gasteiger partial charge in [-0.3, -0.25) is 4.79 Å². The number of benzene rings is 2. The zero-order chi connectivity index (χ0) is 15.2. The van der Waals surface area contributed by atoms with Crippen LogP contribution in [0.15, 0.2) is 52.0 Å². The quantitative estimate of drug-likeness (QED) is 0.678. The van der Waals surface area contributed by atoms with E-state index in [1.54, 1.807) is 25.3 Å². The molecule has 21 heavy (non-hydrogen) atoms. The minimum absolute atomic E-state index is 0.0594. The molecule has 0 saturated heterocycles. The summed E-state index contributed by atoms with van der Waals surface area (Å²) in [5.41, 5.74) is 2.90. The van der Waals surface area contributed by atoms with Gasteiger partial charge in [0.2, 0.25) is 0 Å². The van der Waals surface area contributed by atoms with Crippen LogP contribution in [0.25, 0.3) is 0 Å². The minimum atomic E-state index is -0.613. The molecule has 0 unspecified atom stereocenters. The highest BCUT2D eigenvalue weighted by atomic mass is 79.9. The minimum Gasteiger partial charge on any atom is -0.496 e. The largest absolute Gasteiger partial charge is 0.496 e. The third kappa shape index (κ3) is 3.88. The van der Waals surface area contributed by atoms with E-state index >= 15 is 0 Å². The summed E-state index contributed by atoms with van der Waals surface area (Å²) in [5, 5.41) is 3.82. The van der Waals surface area contributed by atoms with Crippen LogP contribution in [0.3, 0.4) is 0 Å². The van der Waals surface area contributed by atoms with Gasteiger partial charge in [-0.25, -0.2) is 9.82 Å². The Kier molecular flexibility index (Phi) is 5.05. The van der Waals surface area contributed by atoms with Crippen molar-refractivity contribution in [2.24, 2.45) is 5.10 Å². The van der Waals surface area contributed by atoms with Crippen molar-refractivity contribution >= 4 is 28.1 Å². The zero-order valence-electron chi connectivity index (χ0n) is 11.1. The van der Waals surface area contributed by atoms with Crippen molar-refractivity contribution in [2.45, 2.75) is 0 Å². The maximum absolute atomic E-state index is 13.4. The summed E-state index contributed by atoms with van der Waals surface area (Å²) < 4.78 is 19.5. The molecule has 0 atom stereocenters. The standard InChI is InChI=1S/C15H12BrFN2O2/c1-21-14-7-6-11(16)8-10(14)9-18-19-15(20)12-4-2-3-5-13(12)17/h2-9H,1H3,(H,19,20)/b18-9-. The molecule has 0 fully saturated rings. The molecule has 0 heterocycles. The van der Waals surface area contributed by atoms with Crippen molar-refractivity contribution in [1.82, 2.24) is 5.43 Å². The number of nitrogens with zero attached hydrogens (tertiary/aromatic N) is 1. The molecule has 1 amide bonds. The van der Waals surface area contributed by atoms with Crippen molar-refractivity contribution in [3.63, 3.8) is 0 Å². The fourth-order valence-corrected chi connectivity index (χ4v) is 2.05. The lowest BCUT2D eigenvalue weighted by atomic mass is 10.2. The van der Waals surface area contributed by atoms with Gasteiger partial charge in [0.25, 0.3) is 5.91 Å². The Bertz CT molecular complexity index is 689. The number of halogens is 2. The maximum atomic E-state index is 13.4. The van der Waals surface area contributed by atoms with Crippen molar-refractivity contribution in [3.05, 3.63) is 63.9 Å². The fourth-order valence-electron chi connectivity index (χ4n) is 1.67. The monoisotopic (exact) mass is 350 g/mol. The third-order valence-electron chi connectivity index (χ3n) is 2.68. The highest BCUT2D eigenvalue weighted by Gasteiger charge is 2.09. The zero-order valence-corrected chi connectivity index (χ0v) is 12.7. The number of hydrazone groups is 1. The van der Waals surface area contributed by atoms with Gasteiger partial charge in [-0.1, -0.05) is 28.1 Å². The van der Waals surface area contributed by atoms with Crippen LogP contribution in [-0.4, -0.2) is 19.2 Å². The number of carbonyl (C=O) groups excluding carboxylic acids is 1. The van der Waals surface area contributed by atoms with Crippen LogP contribution in [0.2, 0.25) is 0 Å². The molecule has 6 heteroatoms. The number of methoxy groups -OCH3 is 1. The lowest BCUT2D eigenvalue weighted by molar-refractivity contribution is 0.0951. The Morgan fingerprint density at radius 2 is 2.10 bits per heavy atom. The molecule has 0 saturated carbocycles. The molecule has 0 radical (unpaired) electrons. The summed E-state index contributed by atoms with van der Waals surface area (Å²) in [7, 11) is 1.54. The normalized spacial score (nSPS) is 10.6. The van der Waals surface area contributed by atoms with Crippen molar-refractivity contribution in [3.8, 4) is 5.75 Å². The van der Waals surface area contributed by atoms with Crippen LogP contribution in [-0.2, 0) is 0 Å². The summed E-state index contributed by atoms with van der Waals surface area (Å²) >= 11 is 3.34. The van der Waals surface area contributed by atoms with Crippen LogP contribution in [0.5, 0.6) is 5.75 Å². The number of amides is 1. The van der Waals surface area contributed by atoms with Crippen LogP contribution in [0.4, 0.5) is 4.39 Å². The molecule has 2 rings (SSSR count). The molecule has 0 aromatic heterocycles. The number of rotatable bonds is 4. The van der Waals surface area contributed by atoms with E-state index in [0.29, 0.717) is 11.3 Å². The SMILES string of the molecule is COc1ccc(Br)cc1/C=N\NC(=O)c1ccccc1F. The Labute approximate surface area is 129 Å². The van der Waals surface area contributed by atoms with Crippen LogP contribution >= 0.6 is 15.9 Å². The van der Waals surface area contributed by atoms with Gasteiger partial charge in [0.1, 0.15) is 11.6 Å². The van der Waals surface area contributed by atoms with Crippen molar-refractivity contribution < 1.29 is 13.9 Å². The average Bonchev–Trinajstić information content (AvgIpc) is 2.48. The van der Waals surface area contributed by atoms with Gasteiger partial charge < -0.3 is 4.74 Å². The molecule has 4 nitrogen and oxygen atoms in total. The van der Waals surface area contributed by atoms with Crippen LogP contribution < -0.4 is 10.2 Å². The van der Waals surface area contributed by atoms with Gasteiger partial charge in [-0.05, 0) is 30.3 Å². The summed E-state index contributed by atoms with van der Waals surface area (Å²) in [6, 6.07) is 11.1. The second-order valence-electron chi connectivity index (χ2n) is 4.07. The van der Waals surface area contributed by atoms with Crippen molar-refractivity contribution in [1.29, 1.82) is 0 Å². The van der Waals surface area contributed by atoms with Gasteiger partial charge in [-0.2, -0.15) is 5.10 Å². The molecule has 0 aliphatic rings.